The molecule has 112 valence electrons. The third-order valence-electron chi connectivity index (χ3n) is 3.62. The summed E-state index contributed by atoms with van der Waals surface area (Å²) in [6.45, 7) is 0. The largest absolute Gasteiger partial charge is 0.283 e. The molecule has 0 unspecified atom stereocenters. The van der Waals surface area contributed by atoms with Crippen LogP contribution in [-0.4, -0.2) is 31.1 Å². The predicted molar refractivity (Wildman–Crippen MR) is 81.2 cm³/mol. The van der Waals surface area contributed by atoms with Gasteiger partial charge in [0.15, 0.2) is 0 Å². The van der Waals surface area contributed by atoms with E-state index in [-0.39, 0.29) is 5.56 Å². The Hall–Kier alpha value is -3.35. The van der Waals surface area contributed by atoms with Gasteiger partial charge in [-0.3, -0.25) is 9.36 Å². The fraction of sp³-hybridized carbons (Fsp3) is 0. The highest BCUT2D eigenvalue weighted by Crippen LogP contribution is 2.23. The molecule has 2 aromatic carbocycles. The predicted octanol–water partition coefficient (Wildman–Crippen LogP) is 2.65. The monoisotopic (exact) mass is 307 g/mol. The molecule has 0 aliphatic rings. The number of hydrogen-bond acceptors (Lipinski definition) is 4. The van der Waals surface area contributed by atoms with Crippen molar-refractivity contribution in [1.82, 2.24) is 25.2 Å². The molecule has 0 spiro atoms. The molecule has 0 amide bonds. The highest BCUT2D eigenvalue weighted by molar-refractivity contribution is 6.02. The Kier molecular flexibility index (Phi) is 2.97. The third-order valence-corrected chi connectivity index (χ3v) is 3.62. The van der Waals surface area contributed by atoms with Crippen LogP contribution in [0, 0.1) is 5.82 Å². The number of carbonyl (C=O) groups excluding carboxylic acids is 1. The van der Waals surface area contributed by atoms with E-state index in [0.29, 0.717) is 11.3 Å². The molecule has 0 fully saturated rings. The summed E-state index contributed by atoms with van der Waals surface area (Å²) in [4.78, 5) is 12.5. The molecule has 1 N–H and O–H groups in total. The summed E-state index contributed by atoms with van der Waals surface area (Å²) in [5, 5.41) is 14.6. The van der Waals surface area contributed by atoms with Crippen molar-refractivity contribution in [3.8, 4) is 11.4 Å². The number of tetrazole rings is 1. The van der Waals surface area contributed by atoms with E-state index in [9.17, 15) is 9.18 Å². The minimum Gasteiger partial charge on any atom is -0.283 e. The van der Waals surface area contributed by atoms with Gasteiger partial charge in [0.2, 0.25) is 5.82 Å². The Morgan fingerprint density at radius 2 is 2.00 bits per heavy atom. The Morgan fingerprint density at radius 3 is 2.78 bits per heavy atom. The topological polar surface area (TPSA) is 76.5 Å². The molecule has 4 rings (SSSR count). The number of benzene rings is 2. The highest BCUT2D eigenvalue weighted by Gasteiger charge is 2.15. The van der Waals surface area contributed by atoms with Crippen molar-refractivity contribution in [2.45, 2.75) is 0 Å². The lowest BCUT2D eigenvalue weighted by molar-refractivity contribution is 0.0961. The minimum atomic E-state index is -0.539. The van der Waals surface area contributed by atoms with Gasteiger partial charge in [-0.15, -0.1) is 10.2 Å². The molecule has 2 heterocycles. The Labute approximate surface area is 129 Å². The van der Waals surface area contributed by atoms with Crippen LogP contribution in [0.2, 0.25) is 0 Å². The molecule has 0 aliphatic heterocycles. The SMILES string of the molecule is O=C(c1ccccc1F)n1ccc2cc(-c3nn[nH]n3)ccc21. The van der Waals surface area contributed by atoms with E-state index in [1.54, 1.807) is 36.5 Å². The van der Waals surface area contributed by atoms with E-state index in [0.717, 1.165) is 10.9 Å². The maximum Gasteiger partial charge on any atom is 0.265 e. The number of nitrogens with zero attached hydrogens (tertiary/aromatic N) is 4. The molecule has 0 radical (unpaired) electrons. The summed E-state index contributed by atoms with van der Waals surface area (Å²) in [7, 11) is 0. The first-order chi connectivity index (χ1) is 11.2. The van der Waals surface area contributed by atoms with Gasteiger partial charge in [0.25, 0.3) is 5.91 Å². The lowest BCUT2D eigenvalue weighted by atomic mass is 10.1. The quantitative estimate of drug-likeness (QED) is 0.617. The molecule has 2 aromatic heterocycles. The number of aromatic amines is 1. The van der Waals surface area contributed by atoms with Crippen molar-refractivity contribution in [1.29, 1.82) is 0 Å². The number of nitrogens with one attached hydrogen (secondary N) is 1. The standard InChI is InChI=1S/C16H10FN5O/c17-13-4-2-1-3-12(13)16(23)22-8-7-10-9-11(5-6-14(10)22)15-18-20-21-19-15/h1-9H,(H,18,19,20,21). The fourth-order valence-corrected chi connectivity index (χ4v) is 2.51. The zero-order valence-electron chi connectivity index (χ0n) is 11.8. The highest BCUT2D eigenvalue weighted by atomic mass is 19.1. The summed E-state index contributed by atoms with van der Waals surface area (Å²) in [5.41, 5.74) is 1.50. The third kappa shape index (κ3) is 2.18. The summed E-state index contributed by atoms with van der Waals surface area (Å²) in [6.07, 6.45) is 1.62. The van der Waals surface area contributed by atoms with E-state index >= 15 is 0 Å². The van der Waals surface area contributed by atoms with E-state index < -0.39 is 11.7 Å². The van der Waals surface area contributed by atoms with Crippen molar-refractivity contribution in [3.05, 3.63) is 66.1 Å². The first kappa shape index (κ1) is 13.3. The summed E-state index contributed by atoms with van der Waals surface area (Å²) in [6, 6.07) is 13.1. The molecular weight excluding hydrogens is 297 g/mol. The van der Waals surface area contributed by atoms with Crippen LogP contribution in [0.25, 0.3) is 22.3 Å². The van der Waals surface area contributed by atoms with Crippen LogP contribution in [0.15, 0.2) is 54.7 Å². The summed E-state index contributed by atoms with van der Waals surface area (Å²) in [5.74, 6) is -0.478. The molecule has 6 nitrogen and oxygen atoms in total. The van der Waals surface area contributed by atoms with Crippen molar-refractivity contribution in [3.63, 3.8) is 0 Å². The van der Waals surface area contributed by atoms with Crippen LogP contribution in [-0.2, 0) is 0 Å². The van der Waals surface area contributed by atoms with Crippen molar-refractivity contribution < 1.29 is 9.18 Å². The number of fused-ring (bicyclic) bond motifs is 1. The molecule has 4 aromatic rings. The van der Waals surface area contributed by atoms with Crippen molar-refractivity contribution >= 4 is 16.8 Å². The van der Waals surface area contributed by atoms with Gasteiger partial charge in [0.05, 0.1) is 11.1 Å². The van der Waals surface area contributed by atoms with Gasteiger partial charge in [-0.2, -0.15) is 5.21 Å². The molecule has 0 saturated carbocycles. The summed E-state index contributed by atoms with van der Waals surface area (Å²) >= 11 is 0. The molecule has 0 bridgehead atoms. The van der Waals surface area contributed by atoms with Gasteiger partial charge >= 0.3 is 0 Å². The minimum absolute atomic E-state index is 0.0345. The van der Waals surface area contributed by atoms with Crippen LogP contribution < -0.4 is 0 Å². The van der Waals surface area contributed by atoms with Gasteiger partial charge in [0, 0.05) is 17.1 Å². The lowest BCUT2D eigenvalue weighted by Crippen LogP contribution is -2.12. The van der Waals surface area contributed by atoms with Crippen LogP contribution in [0.5, 0.6) is 0 Å². The number of aromatic nitrogens is 5. The molecule has 0 saturated heterocycles. The molecule has 0 atom stereocenters. The van der Waals surface area contributed by atoms with E-state index in [4.69, 9.17) is 0 Å². The van der Waals surface area contributed by atoms with E-state index in [1.165, 1.54) is 16.7 Å². The molecule has 7 heteroatoms. The number of carbonyl (C=O) groups is 1. The molecule has 0 aliphatic carbocycles. The average Bonchev–Trinajstić information content (AvgIpc) is 3.23. The lowest BCUT2D eigenvalue weighted by Gasteiger charge is -2.05. The smallest absolute Gasteiger partial charge is 0.265 e. The zero-order chi connectivity index (χ0) is 15.8. The Bertz CT molecular complexity index is 1010. The van der Waals surface area contributed by atoms with E-state index in [1.807, 2.05) is 6.07 Å². The number of hydrogen-bond donors (Lipinski definition) is 1. The van der Waals surface area contributed by atoms with Crippen molar-refractivity contribution in [2.75, 3.05) is 0 Å². The van der Waals surface area contributed by atoms with Crippen LogP contribution in [0.3, 0.4) is 0 Å². The maximum atomic E-state index is 13.8. The first-order valence-electron chi connectivity index (χ1n) is 6.88. The van der Waals surface area contributed by atoms with Crippen LogP contribution >= 0.6 is 0 Å². The van der Waals surface area contributed by atoms with Gasteiger partial charge in [-0.1, -0.05) is 12.1 Å². The normalized spacial score (nSPS) is 11.0. The van der Waals surface area contributed by atoms with Gasteiger partial charge in [-0.05, 0) is 41.6 Å². The molecular formula is C16H10FN5O. The van der Waals surface area contributed by atoms with Crippen LogP contribution in [0.4, 0.5) is 4.39 Å². The number of halogens is 1. The Morgan fingerprint density at radius 1 is 1.13 bits per heavy atom. The summed E-state index contributed by atoms with van der Waals surface area (Å²) < 4.78 is 15.2. The van der Waals surface area contributed by atoms with Gasteiger partial charge in [0.1, 0.15) is 5.82 Å². The number of rotatable bonds is 2. The second kappa shape index (κ2) is 5.13. The average molecular weight is 307 g/mol. The van der Waals surface area contributed by atoms with Crippen molar-refractivity contribution in [2.24, 2.45) is 0 Å². The van der Waals surface area contributed by atoms with Gasteiger partial charge in [-0.25, -0.2) is 4.39 Å². The zero-order valence-corrected chi connectivity index (χ0v) is 11.8. The van der Waals surface area contributed by atoms with Crippen LogP contribution in [0.1, 0.15) is 10.4 Å². The first-order valence-corrected chi connectivity index (χ1v) is 6.88. The second-order valence-electron chi connectivity index (χ2n) is 4.98. The number of H-pyrrole nitrogens is 1. The fourth-order valence-electron chi connectivity index (χ4n) is 2.51. The Balaban J connectivity index is 1.80. The second-order valence-corrected chi connectivity index (χ2v) is 4.98. The molecule has 23 heavy (non-hydrogen) atoms. The van der Waals surface area contributed by atoms with Gasteiger partial charge < -0.3 is 0 Å². The van der Waals surface area contributed by atoms with E-state index in [2.05, 4.69) is 20.6 Å². The maximum absolute atomic E-state index is 13.8.